The molecule has 0 aromatic rings. The fourth-order valence-electron chi connectivity index (χ4n) is 1.15. The van der Waals surface area contributed by atoms with Crippen molar-refractivity contribution in [1.29, 1.82) is 0 Å². The van der Waals surface area contributed by atoms with Crippen LogP contribution in [0.15, 0.2) is 0 Å². The van der Waals surface area contributed by atoms with Gasteiger partial charge in [0.1, 0.15) is 11.9 Å². The van der Waals surface area contributed by atoms with E-state index < -0.39 is 6.04 Å². The zero-order valence-corrected chi connectivity index (χ0v) is 9.60. The summed E-state index contributed by atoms with van der Waals surface area (Å²) < 4.78 is 0. The van der Waals surface area contributed by atoms with Crippen LogP contribution in [0, 0.1) is 0 Å². The highest BCUT2D eigenvalue weighted by Gasteiger charge is 2.19. The monoisotopic (exact) mass is 220 g/mol. The maximum absolute atomic E-state index is 11.6. The third-order valence-electron chi connectivity index (χ3n) is 1.94. The lowest BCUT2D eigenvalue weighted by Gasteiger charge is -2.23. The van der Waals surface area contributed by atoms with E-state index in [0.717, 1.165) is 0 Å². The van der Waals surface area contributed by atoms with Crippen molar-refractivity contribution in [3.05, 3.63) is 0 Å². The number of carbonyl (C=O) groups excluding carboxylic acids is 2. The largest absolute Gasteiger partial charge is 0.344 e. The highest BCUT2D eigenvalue weighted by atomic mass is 35.5. The van der Waals surface area contributed by atoms with E-state index >= 15 is 0 Å². The van der Waals surface area contributed by atoms with Crippen molar-refractivity contribution < 1.29 is 9.59 Å². The molecular weight excluding hydrogens is 204 g/mol. The van der Waals surface area contributed by atoms with Crippen LogP contribution in [0.1, 0.15) is 20.8 Å². The Hall–Kier alpha value is -0.770. The van der Waals surface area contributed by atoms with Gasteiger partial charge >= 0.3 is 0 Å². The van der Waals surface area contributed by atoms with Gasteiger partial charge in [-0.15, -0.1) is 11.6 Å². The molecule has 0 rings (SSSR count). The summed E-state index contributed by atoms with van der Waals surface area (Å²) in [4.78, 5) is 24.2. The second-order valence-electron chi connectivity index (χ2n) is 2.93. The Kier molecular flexibility index (Phi) is 6.28. The fourth-order valence-corrected chi connectivity index (χ4v) is 1.23. The number of hydrogen-bond acceptors (Lipinski definition) is 2. The van der Waals surface area contributed by atoms with Crippen LogP contribution in [0.4, 0.5) is 0 Å². The van der Waals surface area contributed by atoms with E-state index in [0.29, 0.717) is 13.1 Å². The van der Waals surface area contributed by atoms with E-state index in [1.807, 2.05) is 13.8 Å². The van der Waals surface area contributed by atoms with E-state index in [4.69, 9.17) is 11.6 Å². The lowest BCUT2D eigenvalue weighted by atomic mass is 10.3. The SMILES string of the molecule is CCN(CC)C(=O)C(C)NC(=O)CCl. The van der Waals surface area contributed by atoms with Gasteiger partial charge in [-0.2, -0.15) is 0 Å². The smallest absolute Gasteiger partial charge is 0.244 e. The third kappa shape index (κ3) is 3.96. The number of likely N-dealkylation sites (N-methyl/N-ethyl adjacent to an activating group) is 1. The van der Waals surface area contributed by atoms with E-state index in [9.17, 15) is 9.59 Å². The first-order valence-electron chi connectivity index (χ1n) is 4.70. The summed E-state index contributed by atoms with van der Waals surface area (Å²) in [5.41, 5.74) is 0. The molecule has 1 unspecified atom stereocenters. The van der Waals surface area contributed by atoms with Crippen LogP contribution in [-0.4, -0.2) is 41.7 Å². The van der Waals surface area contributed by atoms with E-state index in [-0.39, 0.29) is 17.7 Å². The molecule has 1 atom stereocenters. The average Bonchev–Trinajstić information content (AvgIpc) is 2.19. The molecule has 4 nitrogen and oxygen atoms in total. The number of alkyl halides is 1. The molecule has 0 radical (unpaired) electrons. The molecule has 14 heavy (non-hydrogen) atoms. The summed E-state index contributed by atoms with van der Waals surface area (Å²) in [5, 5.41) is 2.52. The Bertz CT molecular complexity index is 205. The van der Waals surface area contributed by atoms with Crippen molar-refractivity contribution in [3.63, 3.8) is 0 Å². The first-order chi connectivity index (χ1) is 6.56. The molecule has 0 aliphatic carbocycles. The molecule has 1 N–H and O–H groups in total. The normalized spacial score (nSPS) is 12.0. The van der Waals surface area contributed by atoms with Crippen LogP contribution in [0.3, 0.4) is 0 Å². The molecule has 5 heteroatoms. The van der Waals surface area contributed by atoms with Crippen LogP contribution < -0.4 is 5.32 Å². The summed E-state index contributed by atoms with van der Waals surface area (Å²) in [5.74, 6) is -0.510. The van der Waals surface area contributed by atoms with Gasteiger partial charge < -0.3 is 10.2 Å². The molecule has 0 aromatic heterocycles. The van der Waals surface area contributed by atoms with Crippen LogP contribution in [0.2, 0.25) is 0 Å². The van der Waals surface area contributed by atoms with Crippen LogP contribution in [0.25, 0.3) is 0 Å². The maximum atomic E-state index is 11.6. The van der Waals surface area contributed by atoms with Gasteiger partial charge in [-0.05, 0) is 20.8 Å². The Morgan fingerprint density at radius 1 is 1.36 bits per heavy atom. The maximum Gasteiger partial charge on any atom is 0.244 e. The molecule has 0 fully saturated rings. The van der Waals surface area contributed by atoms with Gasteiger partial charge in [0.15, 0.2) is 0 Å². The third-order valence-corrected chi connectivity index (χ3v) is 2.19. The number of nitrogens with zero attached hydrogens (tertiary/aromatic N) is 1. The summed E-state index contributed by atoms with van der Waals surface area (Å²) in [6.07, 6.45) is 0. The lowest BCUT2D eigenvalue weighted by Crippen LogP contribution is -2.47. The summed E-state index contributed by atoms with van der Waals surface area (Å²) in [6, 6.07) is -0.499. The first kappa shape index (κ1) is 13.2. The zero-order valence-electron chi connectivity index (χ0n) is 8.84. The van der Waals surface area contributed by atoms with E-state index in [1.165, 1.54) is 0 Å². The molecule has 0 heterocycles. The quantitative estimate of drug-likeness (QED) is 0.690. The lowest BCUT2D eigenvalue weighted by molar-refractivity contribution is -0.135. The van der Waals surface area contributed by atoms with Crippen molar-refractivity contribution in [1.82, 2.24) is 10.2 Å². The van der Waals surface area contributed by atoms with E-state index in [1.54, 1.807) is 11.8 Å². The molecule has 0 spiro atoms. The van der Waals surface area contributed by atoms with Crippen molar-refractivity contribution in [2.45, 2.75) is 26.8 Å². The van der Waals surface area contributed by atoms with Crippen LogP contribution in [0.5, 0.6) is 0 Å². The minimum absolute atomic E-state index is 0.0755. The van der Waals surface area contributed by atoms with Crippen LogP contribution in [-0.2, 0) is 9.59 Å². The van der Waals surface area contributed by atoms with E-state index in [2.05, 4.69) is 5.32 Å². The predicted molar refractivity (Wildman–Crippen MR) is 56.3 cm³/mol. The molecule has 0 aromatic carbocycles. The molecule has 2 amide bonds. The molecule has 82 valence electrons. The highest BCUT2D eigenvalue weighted by molar-refractivity contribution is 6.27. The van der Waals surface area contributed by atoms with Crippen molar-refractivity contribution in [3.8, 4) is 0 Å². The standard InChI is InChI=1S/C9H17ClN2O2/c1-4-12(5-2)9(14)7(3)11-8(13)6-10/h7H,4-6H2,1-3H3,(H,11,13). The predicted octanol–water partition coefficient (Wildman–Crippen LogP) is 0.598. The Labute approximate surface area is 89.6 Å². The first-order valence-corrected chi connectivity index (χ1v) is 5.24. The second kappa shape index (κ2) is 6.65. The number of halogens is 1. The second-order valence-corrected chi connectivity index (χ2v) is 3.20. The summed E-state index contributed by atoms with van der Waals surface area (Å²) in [7, 11) is 0. The van der Waals surface area contributed by atoms with Gasteiger partial charge in [-0.1, -0.05) is 0 Å². The number of rotatable bonds is 5. The molecule has 0 aliphatic rings. The summed E-state index contributed by atoms with van der Waals surface area (Å²) in [6.45, 7) is 6.76. The topological polar surface area (TPSA) is 49.4 Å². The Balaban J connectivity index is 4.16. The van der Waals surface area contributed by atoms with Crippen LogP contribution >= 0.6 is 11.6 Å². The number of amides is 2. The number of carbonyl (C=O) groups is 2. The van der Waals surface area contributed by atoms with Crippen molar-refractivity contribution in [2.75, 3.05) is 19.0 Å². The average molecular weight is 221 g/mol. The molecule has 0 saturated carbocycles. The van der Waals surface area contributed by atoms with Crippen molar-refractivity contribution in [2.24, 2.45) is 0 Å². The molecule has 0 aliphatic heterocycles. The summed E-state index contributed by atoms with van der Waals surface area (Å²) >= 11 is 5.31. The Morgan fingerprint density at radius 3 is 2.21 bits per heavy atom. The van der Waals surface area contributed by atoms with Gasteiger partial charge in [-0.3, -0.25) is 9.59 Å². The van der Waals surface area contributed by atoms with Crippen molar-refractivity contribution >= 4 is 23.4 Å². The van der Waals surface area contributed by atoms with Gasteiger partial charge in [0.25, 0.3) is 0 Å². The van der Waals surface area contributed by atoms with Gasteiger partial charge in [0.05, 0.1) is 0 Å². The molecular formula is C9H17ClN2O2. The zero-order chi connectivity index (χ0) is 11.1. The van der Waals surface area contributed by atoms with Gasteiger partial charge in [0, 0.05) is 13.1 Å². The minimum atomic E-state index is -0.499. The minimum Gasteiger partial charge on any atom is -0.344 e. The number of hydrogen-bond donors (Lipinski definition) is 1. The fraction of sp³-hybridized carbons (Fsp3) is 0.778. The highest BCUT2D eigenvalue weighted by Crippen LogP contribution is 1.94. The Morgan fingerprint density at radius 2 is 1.86 bits per heavy atom. The molecule has 0 bridgehead atoms. The van der Waals surface area contributed by atoms with Gasteiger partial charge in [-0.25, -0.2) is 0 Å². The molecule has 0 saturated heterocycles. The number of nitrogens with one attached hydrogen (secondary N) is 1. The van der Waals surface area contributed by atoms with Gasteiger partial charge in [0.2, 0.25) is 11.8 Å².